The number of carbonyl (C=O) groups excluding carboxylic acids is 1. The van der Waals surface area contributed by atoms with Crippen molar-refractivity contribution >= 4 is 11.7 Å². The molecule has 1 atom stereocenters. The number of carbonyl (C=O) groups is 1. The highest BCUT2D eigenvalue weighted by atomic mass is 16.5. The predicted octanol–water partition coefficient (Wildman–Crippen LogP) is 1.93. The molecule has 9 nitrogen and oxygen atoms in total. The van der Waals surface area contributed by atoms with E-state index in [9.17, 15) is 4.79 Å². The highest BCUT2D eigenvalue weighted by Crippen LogP contribution is 2.28. The maximum atomic E-state index is 12.8. The number of anilines is 1. The minimum atomic E-state index is -0.227. The molecule has 1 aromatic carbocycles. The van der Waals surface area contributed by atoms with Crippen LogP contribution >= 0.6 is 0 Å². The molecule has 162 valence electrons. The van der Waals surface area contributed by atoms with E-state index >= 15 is 0 Å². The molecular weight excluding hydrogens is 396 g/mol. The largest absolute Gasteiger partial charge is 0.493 e. The Morgan fingerprint density at radius 2 is 2.03 bits per heavy atom. The zero-order valence-corrected chi connectivity index (χ0v) is 17.9. The van der Waals surface area contributed by atoms with Crippen LogP contribution in [0.1, 0.15) is 17.7 Å². The topological polar surface area (TPSA) is 94.4 Å². The third-order valence-corrected chi connectivity index (χ3v) is 5.34. The predicted molar refractivity (Wildman–Crippen MR) is 116 cm³/mol. The van der Waals surface area contributed by atoms with Crippen molar-refractivity contribution in [2.75, 3.05) is 32.2 Å². The number of aryl methyl sites for hydroxylation is 1. The van der Waals surface area contributed by atoms with Gasteiger partial charge in [-0.25, -0.2) is 9.97 Å². The van der Waals surface area contributed by atoms with Crippen molar-refractivity contribution < 1.29 is 14.3 Å². The maximum Gasteiger partial charge on any atom is 0.242 e. The van der Waals surface area contributed by atoms with Gasteiger partial charge in [0.05, 0.1) is 14.2 Å². The minimum Gasteiger partial charge on any atom is -0.493 e. The number of amides is 1. The van der Waals surface area contributed by atoms with Gasteiger partial charge in [-0.15, -0.1) is 0 Å². The van der Waals surface area contributed by atoms with Gasteiger partial charge in [0.1, 0.15) is 18.2 Å². The first-order valence-corrected chi connectivity index (χ1v) is 10.2. The molecule has 3 aromatic rings. The van der Waals surface area contributed by atoms with Crippen molar-refractivity contribution in [3.8, 4) is 17.4 Å². The summed E-state index contributed by atoms with van der Waals surface area (Å²) in [4.78, 5) is 27.9. The van der Waals surface area contributed by atoms with Gasteiger partial charge in [0.15, 0.2) is 11.5 Å². The van der Waals surface area contributed by atoms with E-state index in [-0.39, 0.29) is 11.9 Å². The number of methoxy groups -OCH3 is 2. The van der Waals surface area contributed by atoms with Crippen LogP contribution in [0.25, 0.3) is 5.95 Å². The van der Waals surface area contributed by atoms with E-state index in [1.54, 1.807) is 37.5 Å². The van der Waals surface area contributed by atoms with Crippen LogP contribution in [0.5, 0.6) is 11.5 Å². The van der Waals surface area contributed by atoms with Crippen LogP contribution in [0.4, 0.5) is 5.82 Å². The Balaban J connectivity index is 1.37. The van der Waals surface area contributed by atoms with Gasteiger partial charge in [0.25, 0.3) is 0 Å². The monoisotopic (exact) mass is 422 g/mol. The van der Waals surface area contributed by atoms with E-state index in [1.807, 2.05) is 36.1 Å². The number of hydrogen-bond acceptors (Lipinski definition) is 7. The molecule has 4 rings (SSSR count). The molecule has 31 heavy (non-hydrogen) atoms. The molecule has 0 spiro atoms. The maximum absolute atomic E-state index is 12.8. The van der Waals surface area contributed by atoms with Crippen molar-refractivity contribution in [2.45, 2.75) is 25.8 Å². The summed E-state index contributed by atoms with van der Waals surface area (Å²) in [5, 5.41) is 3.04. The Morgan fingerprint density at radius 3 is 2.71 bits per heavy atom. The van der Waals surface area contributed by atoms with Crippen molar-refractivity contribution in [3.63, 3.8) is 0 Å². The number of nitrogens with zero attached hydrogens (tertiary/aromatic N) is 5. The van der Waals surface area contributed by atoms with Crippen LogP contribution in [0.2, 0.25) is 0 Å². The Kier molecular flexibility index (Phi) is 6.01. The molecule has 9 heteroatoms. The van der Waals surface area contributed by atoms with Gasteiger partial charge in [0.2, 0.25) is 11.9 Å². The molecule has 1 unspecified atom stereocenters. The highest BCUT2D eigenvalue weighted by molar-refractivity contribution is 5.86. The molecule has 2 aromatic heterocycles. The zero-order chi connectivity index (χ0) is 21.8. The van der Waals surface area contributed by atoms with E-state index < -0.39 is 0 Å². The number of rotatable bonds is 8. The molecule has 0 saturated carbocycles. The average molecular weight is 422 g/mol. The lowest BCUT2D eigenvalue weighted by atomic mass is 10.0. The van der Waals surface area contributed by atoms with Crippen LogP contribution in [0, 0.1) is 6.92 Å². The van der Waals surface area contributed by atoms with Gasteiger partial charge in [-0.2, -0.15) is 4.98 Å². The van der Waals surface area contributed by atoms with Gasteiger partial charge in [-0.1, -0.05) is 6.07 Å². The number of aromatic nitrogens is 4. The van der Waals surface area contributed by atoms with Crippen LogP contribution in [-0.4, -0.2) is 58.8 Å². The summed E-state index contributed by atoms with van der Waals surface area (Å²) in [6.07, 6.45) is 6.64. The first-order valence-electron chi connectivity index (χ1n) is 10.2. The molecule has 1 saturated heterocycles. The molecule has 1 amide bonds. The fourth-order valence-corrected chi connectivity index (χ4v) is 3.59. The van der Waals surface area contributed by atoms with Gasteiger partial charge in [-0.3, -0.25) is 9.36 Å². The van der Waals surface area contributed by atoms with E-state index in [0.29, 0.717) is 30.4 Å². The van der Waals surface area contributed by atoms with Crippen molar-refractivity contribution in [1.29, 1.82) is 0 Å². The molecule has 1 aliphatic heterocycles. The second-order valence-corrected chi connectivity index (χ2v) is 7.37. The normalized spacial score (nSPS) is 15.3. The molecule has 1 fully saturated rings. The number of nitrogens with one attached hydrogen (secondary N) is 1. The summed E-state index contributed by atoms with van der Waals surface area (Å²) in [5.41, 5.74) is 1.91. The van der Waals surface area contributed by atoms with Gasteiger partial charge >= 0.3 is 0 Å². The summed E-state index contributed by atoms with van der Waals surface area (Å²) >= 11 is 0. The van der Waals surface area contributed by atoms with Crippen molar-refractivity contribution in [3.05, 3.63) is 54.2 Å². The molecule has 0 aliphatic carbocycles. The zero-order valence-electron chi connectivity index (χ0n) is 17.9. The fourth-order valence-electron chi connectivity index (χ4n) is 3.59. The highest BCUT2D eigenvalue weighted by Gasteiger charge is 2.35. The molecule has 1 N–H and O–H groups in total. The van der Waals surface area contributed by atoms with Crippen LogP contribution in [-0.2, 0) is 11.2 Å². The Bertz CT molecular complexity index is 1050. The number of benzene rings is 1. The smallest absolute Gasteiger partial charge is 0.242 e. The summed E-state index contributed by atoms with van der Waals surface area (Å²) in [5.74, 6) is 2.68. The van der Waals surface area contributed by atoms with Crippen LogP contribution < -0.4 is 19.7 Å². The summed E-state index contributed by atoms with van der Waals surface area (Å²) < 4.78 is 12.4. The van der Waals surface area contributed by atoms with Crippen molar-refractivity contribution in [1.82, 2.24) is 24.8 Å². The third kappa shape index (κ3) is 4.45. The van der Waals surface area contributed by atoms with Crippen molar-refractivity contribution in [2.24, 2.45) is 0 Å². The number of imidazole rings is 1. The number of ether oxygens (including phenoxy) is 2. The lowest BCUT2D eigenvalue weighted by molar-refractivity contribution is -0.123. The SMILES string of the molecule is COc1ccc(CCNC(=O)C2CCN2c2cc(C)nc(-n3ccnc3)n2)cc1OC. The molecule has 0 bridgehead atoms. The quantitative estimate of drug-likeness (QED) is 0.593. The number of hydrogen-bond donors (Lipinski definition) is 1. The second-order valence-electron chi connectivity index (χ2n) is 7.37. The first kappa shape index (κ1) is 20.6. The lowest BCUT2D eigenvalue weighted by Crippen LogP contribution is -2.57. The lowest BCUT2D eigenvalue weighted by Gasteiger charge is -2.40. The van der Waals surface area contributed by atoms with Crippen LogP contribution in [0.3, 0.4) is 0 Å². The average Bonchev–Trinajstić information content (AvgIpc) is 3.27. The van der Waals surface area contributed by atoms with E-state index in [2.05, 4.69) is 20.3 Å². The molecule has 3 heterocycles. The Labute approximate surface area is 181 Å². The minimum absolute atomic E-state index is 0.00664. The Hall–Kier alpha value is -3.62. The standard InChI is InChI=1S/C22H26N6O3/c1-15-12-20(26-22(25-15)27-11-9-23-14-27)28-10-7-17(28)21(29)24-8-6-16-4-5-18(30-2)19(13-16)31-3/h4-5,9,11-14,17H,6-8,10H2,1-3H3,(H,24,29). The second kappa shape index (κ2) is 9.03. The van der Waals surface area contributed by atoms with Gasteiger partial charge in [0, 0.05) is 37.2 Å². The van der Waals surface area contributed by atoms with E-state index in [1.165, 1.54) is 0 Å². The van der Waals surface area contributed by atoms with Crippen LogP contribution in [0.15, 0.2) is 43.0 Å². The molecule has 0 radical (unpaired) electrons. The first-order chi connectivity index (χ1) is 15.1. The molecule has 1 aliphatic rings. The summed E-state index contributed by atoms with van der Waals surface area (Å²) in [6.45, 7) is 3.25. The van der Waals surface area contributed by atoms with Gasteiger partial charge in [-0.05, 0) is 37.5 Å². The molecular formula is C22H26N6O3. The Morgan fingerprint density at radius 1 is 1.19 bits per heavy atom. The summed E-state index contributed by atoms with van der Waals surface area (Å²) in [6, 6.07) is 7.46. The van der Waals surface area contributed by atoms with E-state index in [4.69, 9.17) is 9.47 Å². The summed E-state index contributed by atoms with van der Waals surface area (Å²) in [7, 11) is 3.22. The fraction of sp³-hybridized carbons (Fsp3) is 0.364. The van der Waals surface area contributed by atoms with Gasteiger partial charge < -0.3 is 19.7 Å². The van der Waals surface area contributed by atoms with E-state index in [0.717, 1.165) is 30.0 Å². The third-order valence-electron chi connectivity index (χ3n) is 5.34.